The van der Waals surface area contributed by atoms with Crippen molar-refractivity contribution in [1.82, 2.24) is 0 Å². The molecule has 0 aliphatic carbocycles. The zero-order valence-electron chi connectivity index (χ0n) is 7.40. The van der Waals surface area contributed by atoms with E-state index in [1.165, 1.54) is 12.8 Å². The largest absolute Gasteiger partial charge is 0.396 e. The van der Waals surface area contributed by atoms with Gasteiger partial charge in [-0.05, 0) is 19.3 Å². The van der Waals surface area contributed by atoms with Gasteiger partial charge in [0.15, 0.2) is 0 Å². The van der Waals surface area contributed by atoms with Crippen molar-refractivity contribution in [2.24, 2.45) is 0 Å². The maximum Gasteiger partial charge on any atom is 0.0431 e. The molecule has 0 aromatic carbocycles. The molecule has 0 fully saturated rings. The minimum Gasteiger partial charge on any atom is -0.396 e. The van der Waals surface area contributed by atoms with Crippen molar-refractivity contribution < 1.29 is 5.11 Å². The number of aliphatic hydroxyl groups is 1. The van der Waals surface area contributed by atoms with E-state index in [0.29, 0.717) is 6.61 Å². The summed E-state index contributed by atoms with van der Waals surface area (Å²) in [6.45, 7) is 2.48. The molecule has 0 aromatic rings. The monoisotopic (exact) mass is 154 g/mol. The highest BCUT2D eigenvalue weighted by molar-refractivity contribution is 4.98. The molecule has 0 saturated carbocycles. The minimum absolute atomic E-state index is 0.302. The summed E-state index contributed by atoms with van der Waals surface area (Å²) in [6.07, 6.45) is 6.36. The third-order valence-corrected chi connectivity index (χ3v) is 1.49. The topological polar surface area (TPSA) is 20.2 Å². The van der Waals surface area contributed by atoms with Crippen LogP contribution in [0.15, 0.2) is 0 Å². The van der Waals surface area contributed by atoms with Gasteiger partial charge in [-0.15, -0.1) is 11.8 Å². The third kappa shape index (κ3) is 9.52. The molecule has 0 saturated heterocycles. The van der Waals surface area contributed by atoms with Crippen molar-refractivity contribution in [2.75, 3.05) is 6.61 Å². The summed E-state index contributed by atoms with van der Waals surface area (Å²) in [7, 11) is 0. The quantitative estimate of drug-likeness (QED) is 0.476. The average molecular weight is 154 g/mol. The maximum absolute atomic E-state index is 8.46. The Morgan fingerprint density at radius 3 is 2.18 bits per heavy atom. The molecular weight excluding hydrogens is 136 g/mol. The standard InChI is InChI=1S/C10H18O/c1-2-3-4-5-6-7-8-9-10-11/h11H,2-4,7-10H2,1H3. The van der Waals surface area contributed by atoms with Gasteiger partial charge in [-0.25, -0.2) is 0 Å². The van der Waals surface area contributed by atoms with Gasteiger partial charge in [-0.3, -0.25) is 0 Å². The first-order valence-electron chi connectivity index (χ1n) is 4.48. The Kier molecular flexibility index (Phi) is 9.10. The van der Waals surface area contributed by atoms with Crippen molar-refractivity contribution in [2.45, 2.75) is 45.4 Å². The van der Waals surface area contributed by atoms with Gasteiger partial charge in [0.1, 0.15) is 0 Å². The lowest BCUT2D eigenvalue weighted by atomic mass is 10.2. The molecule has 0 aliphatic rings. The Morgan fingerprint density at radius 2 is 1.64 bits per heavy atom. The molecule has 1 heteroatoms. The van der Waals surface area contributed by atoms with Gasteiger partial charge in [-0.2, -0.15) is 0 Å². The fourth-order valence-electron chi connectivity index (χ4n) is 0.767. The van der Waals surface area contributed by atoms with Crippen LogP contribution in [0.2, 0.25) is 0 Å². The van der Waals surface area contributed by atoms with Crippen LogP contribution in [0.1, 0.15) is 45.4 Å². The Balaban J connectivity index is 2.99. The van der Waals surface area contributed by atoms with E-state index in [0.717, 1.165) is 25.7 Å². The highest BCUT2D eigenvalue weighted by atomic mass is 16.2. The van der Waals surface area contributed by atoms with E-state index in [1.54, 1.807) is 0 Å². The Morgan fingerprint density at radius 1 is 1.00 bits per heavy atom. The Labute approximate surface area is 69.8 Å². The fraction of sp³-hybridized carbons (Fsp3) is 0.800. The Bertz CT molecular complexity index is 119. The third-order valence-electron chi connectivity index (χ3n) is 1.49. The first-order chi connectivity index (χ1) is 5.41. The second kappa shape index (κ2) is 9.52. The predicted octanol–water partition coefficient (Wildman–Crippen LogP) is 2.34. The van der Waals surface area contributed by atoms with Crippen LogP contribution in [0, 0.1) is 11.8 Å². The minimum atomic E-state index is 0.302. The molecule has 0 heterocycles. The first-order valence-corrected chi connectivity index (χ1v) is 4.48. The highest BCUT2D eigenvalue weighted by Gasteiger charge is 1.81. The van der Waals surface area contributed by atoms with E-state index in [9.17, 15) is 0 Å². The van der Waals surface area contributed by atoms with E-state index < -0.39 is 0 Å². The molecule has 1 nitrogen and oxygen atoms in total. The average Bonchev–Trinajstić information content (AvgIpc) is 2.03. The number of hydrogen-bond donors (Lipinski definition) is 1. The van der Waals surface area contributed by atoms with Gasteiger partial charge in [-0.1, -0.05) is 13.3 Å². The van der Waals surface area contributed by atoms with E-state index >= 15 is 0 Å². The van der Waals surface area contributed by atoms with Gasteiger partial charge in [0.05, 0.1) is 0 Å². The molecule has 64 valence electrons. The fourth-order valence-corrected chi connectivity index (χ4v) is 0.767. The molecule has 0 radical (unpaired) electrons. The zero-order chi connectivity index (χ0) is 8.36. The molecule has 0 spiro atoms. The van der Waals surface area contributed by atoms with Crippen LogP contribution in [0.5, 0.6) is 0 Å². The van der Waals surface area contributed by atoms with Crippen molar-refractivity contribution in [3.05, 3.63) is 0 Å². The summed E-state index contributed by atoms with van der Waals surface area (Å²) in [5.41, 5.74) is 0. The van der Waals surface area contributed by atoms with E-state index in [-0.39, 0.29) is 0 Å². The first kappa shape index (κ1) is 10.5. The normalized spacial score (nSPS) is 8.91. The maximum atomic E-state index is 8.46. The SMILES string of the molecule is CCCCC#CCCCCO. The van der Waals surface area contributed by atoms with Crippen LogP contribution in [-0.2, 0) is 0 Å². The van der Waals surface area contributed by atoms with Gasteiger partial charge in [0.25, 0.3) is 0 Å². The summed E-state index contributed by atoms with van der Waals surface area (Å²) < 4.78 is 0. The smallest absolute Gasteiger partial charge is 0.0431 e. The van der Waals surface area contributed by atoms with Crippen LogP contribution in [-0.4, -0.2) is 11.7 Å². The predicted molar refractivity (Wildman–Crippen MR) is 48.2 cm³/mol. The lowest BCUT2D eigenvalue weighted by Gasteiger charge is -1.88. The Hall–Kier alpha value is -0.480. The van der Waals surface area contributed by atoms with Crippen LogP contribution in [0.25, 0.3) is 0 Å². The molecular formula is C10H18O. The summed E-state index contributed by atoms with van der Waals surface area (Å²) in [6, 6.07) is 0. The van der Waals surface area contributed by atoms with Gasteiger partial charge in [0, 0.05) is 19.4 Å². The highest BCUT2D eigenvalue weighted by Crippen LogP contribution is 1.94. The van der Waals surface area contributed by atoms with Gasteiger partial charge < -0.3 is 5.11 Å². The van der Waals surface area contributed by atoms with Crippen LogP contribution in [0.4, 0.5) is 0 Å². The molecule has 0 rings (SSSR count). The molecule has 0 aromatic heterocycles. The van der Waals surface area contributed by atoms with E-state index in [4.69, 9.17) is 5.11 Å². The van der Waals surface area contributed by atoms with Crippen LogP contribution in [0.3, 0.4) is 0 Å². The second-order valence-corrected chi connectivity index (χ2v) is 2.64. The van der Waals surface area contributed by atoms with Crippen molar-refractivity contribution in [3.63, 3.8) is 0 Å². The van der Waals surface area contributed by atoms with Gasteiger partial charge >= 0.3 is 0 Å². The van der Waals surface area contributed by atoms with E-state index in [2.05, 4.69) is 18.8 Å². The molecule has 0 amide bonds. The summed E-state index contributed by atoms with van der Waals surface area (Å²) in [4.78, 5) is 0. The zero-order valence-corrected chi connectivity index (χ0v) is 7.40. The molecule has 0 atom stereocenters. The van der Waals surface area contributed by atoms with Crippen molar-refractivity contribution in [3.8, 4) is 11.8 Å². The summed E-state index contributed by atoms with van der Waals surface area (Å²) in [5, 5.41) is 8.46. The molecule has 0 unspecified atom stereocenters. The molecule has 0 aliphatic heterocycles. The number of aliphatic hydroxyl groups excluding tert-OH is 1. The number of rotatable bonds is 5. The number of unbranched alkanes of at least 4 members (excludes halogenated alkanes) is 4. The summed E-state index contributed by atoms with van der Waals surface area (Å²) in [5.74, 6) is 6.21. The van der Waals surface area contributed by atoms with Gasteiger partial charge in [0.2, 0.25) is 0 Å². The number of hydrogen-bond acceptors (Lipinski definition) is 1. The molecule has 1 N–H and O–H groups in total. The van der Waals surface area contributed by atoms with Crippen LogP contribution < -0.4 is 0 Å². The lowest BCUT2D eigenvalue weighted by Crippen LogP contribution is -1.80. The van der Waals surface area contributed by atoms with Crippen molar-refractivity contribution >= 4 is 0 Å². The summed E-state index contributed by atoms with van der Waals surface area (Å²) >= 11 is 0. The lowest BCUT2D eigenvalue weighted by molar-refractivity contribution is 0.285. The molecule has 11 heavy (non-hydrogen) atoms. The van der Waals surface area contributed by atoms with E-state index in [1.807, 2.05) is 0 Å². The van der Waals surface area contributed by atoms with Crippen molar-refractivity contribution in [1.29, 1.82) is 0 Å². The molecule has 0 bridgehead atoms. The second-order valence-electron chi connectivity index (χ2n) is 2.64. The van der Waals surface area contributed by atoms with Crippen LogP contribution >= 0.6 is 0 Å².